The fourth-order valence-corrected chi connectivity index (χ4v) is 3.75. The maximum absolute atomic E-state index is 11.8. The molecular formula is C24H31N3O. The second-order valence-corrected chi connectivity index (χ2v) is 7.61. The Bertz CT molecular complexity index is 722. The van der Waals surface area contributed by atoms with Crippen molar-refractivity contribution in [3.05, 3.63) is 72.1 Å². The number of likely N-dealkylation sites (tertiary alicyclic amines) is 1. The maximum atomic E-state index is 11.8. The van der Waals surface area contributed by atoms with Gasteiger partial charge in [-0.25, -0.2) is 0 Å². The molecule has 0 spiro atoms. The zero-order chi connectivity index (χ0) is 19.4. The van der Waals surface area contributed by atoms with Gasteiger partial charge in [-0.3, -0.25) is 14.7 Å². The maximum Gasteiger partial charge on any atom is 0.243 e. The molecule has 0 bridgehead atoms. The van der Waals surface area contributed by atoms with Crippen LogP contribution in [0, 0.1) is 5.92 Å². The molecule has 1 aromatic heterocycles. The number of nitrogens with zero attached hydrogens (tertiary/aromatic N) is 2. The predicted octanol–water partition coefficient (Wildman–Crippen LogP) is 4.29. The van der Waals surface area contributed by atoms with Crippen molar-refractivity contribution in [1.29, 1.82) is 0 Å². The first kappa shape index (κ1) is 20.3. The van der Waals surface area contributed by atoms with Crippen molar-refractivity contribution >= 4 is 12.0 Å². The molecule has 0 aliphatic carbocycles. The summed E-state index contributed by atoms with van der Waals surface area (Å²) in [6.45, 7) is 4.24. The van der Waals surface area contributed by atoms with Gasteiger partial charge in [0.05, 0.1) is 0 Å². The Morgan fingerprint density at radius 2 is 1.93 bits per heavy atom. The first-order valence-corrected chi connectivity index (χ1v) is 10.4. The molecule has 0 atom stereocenters. The molecule has 2 heterocycles. The lowest BCUT2D eigenvalue weighted by Crippen LogP contribution is -2.33. The summed E-state index contributed by atoms with van der Waals surface area (Å²) in [7, 11) is 0. The van der Waals surface area contributed by atoms with Gasteiger partial charge in [-0.2, -0.15) is 0 Å². The fraction of sp³-hybridized carbons (Fsp3) is 0.417. The van der Waals surface area contributed by atoms with Crippen LogP contribution in [0.15, 0.2) is 60.9 Å². The second-order valence-electron chi connectivity index (χ2n) is 7.61. The first-order chi connectivity index (χ1) is 13.8. The van der Waals surface area contributed by atoms with Crippen molar-refractivity contribution in [1.82, 2.24) is 15.2 Å². The van der Waals surface area contributed by atoms with Gasteiger partial charge < -0.3 is 5.32 Å². The highest BCUT2D eigenvalue weighted by Crippen LogP contribution is 2.23. The third-order valence-electron chi connectivity index (χ3n) is 5.41. The second kappa shape index (κ2) is 11.4. The van der Waals surface area contributed by atoms with Crippen molar-refractivity contribution in [3.63, 3.8) is 0 Å². The van der Waals surface area contributed by atoms with E-state index in [0.717, 1.165) is 31.0 Å². The molecule has 0 saturated carbocycles. The van der Waals surface area contributed by atoms with Crippen molar-refractivity contribution in [2.75, 3.05) is 19.6 Å². The van der Waals surface area contributed by atoms with Crippen LogP contribution >= 0.6 is 0 Å². The number of rotatable bonds is 9. The number of unbranched alkanes of at least 4 members (excludes halogenated alkanes) is 1. The Morgan fingerprint density at radius 3 is 2.68 bits per heavy atom. The van der Waals surface area contributed by atoms with Gasteiger partial charge in [0.1, 0.15) is 0 Å². The SMILES string of the molecule is O=C(/C=C\c1cccnc1)NCCCCC1CCN(Cc2ccccc2)CC1. The van der Waals surface area contributed by atoms with Gasteiger partial charge in [0.25, 0.3) is 0 Å². The Kier molecular flexibility index (Phi) is 8.26. The summed E-state index contributed by atoms with van der Waals surface area (Å²) in [5, 5.41) is 2.97. The first-order valence-electron chi connectivity index (χ1n) is 10.4. The van der Waals surface area contributed by atoms with Gasteiger partial charge in [-0.15, -0.1) is 0 Å². The Labute approximate surface area is 168 Å². The molecule has 1 N–H and O–H groups in total. The molecule has 0 unspecified atom stereocenters. The summed E-state index contributed by atoms with van der Waals surface area (Å²) in [6.07, 6.45) is 13.0. The Balaban J connectivity index is 1.23. The smallest absolute Gasteiger partial charge is 0.243 e. The predicted molar refractivity (Wildman–Crippen MR) is 115 cm³/mol. The summed E-state index contributed by atoms with van der Waals surface area (Å²) < 4.78 is 0. The number of pyridine rings is 1. The average molecular weight is 378 g/mol. The topological polar surface area (TPSA) is 45.2 Å². The molecule has 2 aromatic rings. The van der Waals surface area contributed by atoms with Crippen molar-refractivity contribution in [2.24, 2.45) is 5.92 Å². The molecule has 1 amide bonds. The largest absolute Gasteiger partial charge is 0.353 e. The molecule has 4 heteroatoms. The van der Waals surface area contributed by atoms with Gasteiger partial charge in [0, 0.05) is 31.6 Å². The quantitative estimate of drug-likeness (QED) is 0.524. The molecule has 4 nitrogen and oxygen atoms in total. The minimum absolute atomic E-state index is 0.0296. The number of hydrogen-bond donors (Lipinski definition) is 1. The summed E-state index contributed by atoms with van der Waals surface area (Å²) in [6, 6.07) is 14.5. The number of benzene rings is 1. The summed E-state index contributed by atoms with van der Waals surface area (Å²) >= 11 is 0. The van der Waals surface area contributed by atoms with Crippen LogP contribution in [0.25, 0.3) is 6.08 Å². The fourth-order valence-electron chi connectivity index (χ4n) is 3.75. The average Bonchev–Trinajstić information content (AvgIpc) is 2.75. The monoisotopic (exact) mass is 377 g/mol. The highest BCUT2D eigenvalue weighted by Gasteiger charge is 2.18. The van der Waals surface area contributed by atoms with E-state index < -0.39 is 0 Å². The van der Waals surface area contributed by atoms with Crippen molar-refractivity contribution in [2.45, 2.75) is 38.6 Å². The molecule has 28 heavy (non-hydrogen) atoms. The van der Waals surface area contributed by atoms with Gasteiger partial charge in [0.15, 0.2) is 0 Å². The lowest BCUT2D eigenvalue weighted by molar-refractivity contribution is -0.116. The Hall–Kier alpha value is -2.46. The summed E-state index contributed by atoms with van der Waals surface area (Å²) in [4.78, 5) is 18.4. The minimum Gasteiger partial charge on any atom is -0.353 e. The minimum atomic E-state index is -0.0296. The molecule has 148 valence electrons. The number of carbonyl (C=O) groups is 1. The van der Waals surface area contributed by atoms with Crippen LogP contribution in [0.1, 0.15) is 43.2 Å². The normalized spacial score (nSPS) is 15.7. The highest BCUT2D eigenvalue weighted by atomic mass is 16.1. The standard InChI is InChI=1S/C24H31N3O/c28-24(12-11-22-10-6-15-25-19-22)26-16-5-4-7-21-13-17-27(18-14-21)20-23-8-2-1-3-9-23/h1-3,6,8-12,15,19,21H,4-5,7,13-14,16-18,20H2,(H,26,28)/b12-11-. The van der Waals surface area contributed by atoms with E-state index in [1.54, 1.807) is 24.5 Å². The number of aromatic nitrogens is 1. The van der Waals surface area contributed by atoms with Crippen LogP contribution in [0.4, 0.5) is 0 Å². The lowest BCUT2D eigenvalue weighted by Gasteiger charge is -2.32. The van der Waals surface area contributed by atoms with E-state index in [4.69, 9.17) is 0 Å². The molecule has 0 radical (unpaired) electrons. The van der Waals surface area contributed by atoms with E-state index >= 15 is 0 Å². The van der Waals surface area contributed by atoms with Gasteiger partial charge in [0.2, 0.25) is 5.91 Å². The number of nitrogens with one attached hydrogen (secondary N) is 1. The van der Waals surface area contributed by atoms with Gasteiger partial charge in [-0.05, 0) is 61.5 Å². The van der Waals surface area contributed by atoms with Crippen molar-refractivity contribution < 1.29 is 4.79 Å². The molecule has 1 aliphatic heterocycles. The van der Waals surface area contributed by atoms with Crippen LogP contribution in [-0.4, -0.2) is 35.4 Å². The highest BCUT2D eigenvalue weighted by molar-refractivity contribution is 5.91. The zero-order valence-electron chi connectivity index (χ0n) is 16.6. The van der Waals surface area contributed by atoms with Crippen LogP contribution in [-0.2, 0) is 11.3 Å². The molecule has 1 fully saturated rings. The van der Waals surface area contributed by atoms with E-state index in [1.165, 1.54) is 44.3 Å². The lowest BCUT2D eigenvalue weighted by atomic mass is 9.91. The van der Waals surface area contributed by atoms with E-state index in [0.29, 0.717) is 0 Å². The molecule has 1 saturated heterocycles. The number of hydrogen-bond acceptors (Lipinski definition) is 3. The number of amides is 1. The van der Waals surface area contributed by atoms with Crippen LogP contribution < -0.4 is 5.32 Å². The zero-order valence-corrected chi connectivity index (χ0v) is 16.6. The van der Waals surface area contributed by atoms with Gasteiger partial charge >= 0.3 is 0 Å². The summed E-state index contributed by atoms with van der Waals surface area (Å²) in [5.74, 6) is 0.811. The third kappa shape index (κ3) is 7.28. The van der Waals surface area contributed by atoms with Crippen LogP contribution in [0.5, 0.6) is 0 Å². The van der Waals surface area contributed by atoms with Crippen LogP contribution in [0.2, 0.25) is 0 Å². The van der Waals surface area contributed by atoms with E-state index in [9.17, 15) is 4.79 Å². The molecule has 1 aliphatic rings. The van der Waals surface area contributed by atoms with E-state index in [2.05, 4.69) is 45.5 Å². The summed E-state index contributed by atoms with van der Waals surface area (Å²) in [5.41, 5.74) is 2.35. The van der Waals surface area contributed by atoms with Gasteiger partial charge in [-0.1, -0.05) is 49.2 Å². The molecule has 1 aromatic carbocycles. The molecule has 3 rings (SSSR count). The Morgan fingerprint density at radius 1 is 1.11 bits per heavy atom. The molecular weight excluding hydrogens is 346 g/mol. The van der Waals surface area contributed by atoms with Crippen LogP contribution in [0.3, 0.4) is 0 Å². The number of piperidine rings is 1. The van der Waals surface area contributed by atoms with E-state index in [1.807, 2.05) is 12.1 Å². The third-order valence-corrected chi connectivity index (χ3v) is 5.41. The van der Waals surface area contributed by atoms with Crippen molar-refractivity contribution in [3.8, 4) is 0 Å². The number of carbonyl (C=O) groups excluding carboxylic acids is 1. The van der Waals surface area contributed by atoms with E-state index in [-0.39, 0.29) is 5.91 Å².